The lowest BCUT2D eigenvalue weighted by molar-refractivity contribution is 0.568. The fraction of sp³-hybridized carbons (Fsp3) is 0.500. The highest BCUT2D eigenvalue weighted by Gasteiger charge is 2.33. The average molecular weight is 302 g/mol. The number of fused-ring (bicyclic) bond motifs is 1. The van der Waals surface area contributed by atoms with Gasteiger partial charge in [-0.15, -0.1) is 11.8 Å². The first-order valence-electron chi connectivity index (χ1n) is 7.26. The summed E-state index contributed by atoms with van der Waals surface area (Å²) in [6.07, 6.45) is 4.33. The van der Waals surface area contributed by atoms with Gasteiger partial charge in [-0.05, 0) is 45.1 Å². The van der Waals surface area contributed by atoms with Crippen LogP contribution in [0.3, 0.4) is 0 Å². The number of thioether (sulfide) groups is 1. The van der Waals surface area contributed by atoms with E-state index in [1.165, 1.54) is 27.4 Å². The Morgan fingerprint density at radius 3 is 2.62 bits per heavy atom. The zero-order valence-corrected chi connectivity index (χ0v) is 14.4. The highest BCUT2D eigenvalue weighted by Crippen LogP contribution is 2.36. The number of aromatic nitrogens is 2. The molecule has 1 aromatic heterocycles. The molecule has 4 nitrogen and oxygen atoms in total. The van der Waals surface area contributed by atoms with Crippen LogP contribution in [0.5, 0.6) is 0 Å². The highest BCUT2D eigenvalue weighted by molar-refractivity contribution is 7.98. The zero-order chi connectivity index (χ0) is 15.3. The van der Waals surface area contributed by atoms with Crippen molar-refractivity contribution in [3.63, 3.8) is 0 Å². The van der Waals surface area contributed by atoms with Gasteiger partial charge in [0.2, 0.25) is 0 Å². The maximum absolute atomic E-state index is 4.78. The van der Waals surface area contributed by atoms with Gasteiger partial charge in [-0.2, -0.15) is 5.10 Å². The Balaban J connectivity index is 2.17. The predicted molar refractivity (Wildman–Crippen MR) is 89.7 cm³/mol. The summed E-state index contributed by atoms with van der Waals surface area (Å²) < 4.78 is 1.98. The molecule has 3 heterocycles. The van der Waals surface area contributed by atoms with E-state index in [4.69, 9.17) is 10.1 Å². The topological polar surface area (TPSA) is 33.4 Å². The normalized spacial score (nSPS) is 21.6. The lowest BCUT2D eigenvalue weighted by atomic mass is 10.0. The number of aryl methyl sites for hydroxylation is 1. The molecule has 0 saturated heterocycles. The summed E-state index contributed by atoms with van der Waals surface area (Å²) in [5, 5.41) is 6.00. The van der Waals surface area contributed by atoms with Crippen molar-refractivity contribution in [2.75, 3.05) is 12.8 Å². The molecule has 21 heavy (non-hydrogen) atoms. The van der Waals surface area contributed by atoms with Crippen molar-refractivity contribution in [3.05, 3.63) is 28.5 Å². The molecule has 0 fully saturated rings. The monoisotopic (exact) mass is 302 g/mol. The summed E-state index contributed by atoms with van der Waals surface area (Å²) in [7, 11) is 2.02. The summed E-state index contributed by atoms with van der Waals surface area (Å²) in [5.74, 6) is 1.11. The van der Waals surface area contributed by atoms with Crippen molar-refractivity contribution >= 4 is 23.3 Å². The maximum atomic E-state index is 4.78. The lowest BCUT2D eigenvalue weighted by Gasteiger charge is -2.29. The molecule has 1 atom stereocenters. The largest absolute Gasteiger partial charge is 0.322 e. The summed E-state index contributed by atoms with van der Waals surface area (Å²) >= 11 is 1.75. The summed E-state index contributed by atoms with van der Waals surface area (Å²) in [5.41, 5.74) is 6.09. The molecule has 3 rings (SSSR count). The van der Waals surface area contributed by atoms with Crippen LogP contribution in [-0.2, 0) is 7.05 Å². The van der Waals surface area contributed by atoms with E-state index >= 15 is 0 Å². The molecule has 112 valence electrons. The highest BCUT2D eigenvalue weighted by atomic mass is 32.2. The predicted octanol–water partition coefficient (Wildman–Crippen LogP) is 3.24. The molecule has 1 unspecified atom stereocenters. The van der Waals surface area contributed by atoms with E-state index < -0.39 is 0 Å². The van der Waals surface area contributed by atoms with Crippen molar-refractivity contribution in [1.82, 2.24) is 14.7 Å². The van der Waals surface area contributed by atoms with Crippen molar-refractivity contribution in [2.24, 2.45) is 12.0 Å². The molecule has 2 aliphatic rings. The fourth-order valence-electron chi connectivity index (χ4n) is 3.29. The van der Waals surface area contributed by atoms with Crippen molar-refractivity contribution < 1.29 is 0 Å². The van der Waals surface area contributed by atoms with Crippen LogP contribution in [0.2, 0.25) is 0 Å². The third-order valence-corrected chi connectivity index (χ3v) is 5.07. The SMILES string of the molecule is CSc1c(C)c(C2=C(C)C=C(C)C3=NC(C)CN32)nn1C. The van der Waals surface area contributed by atoms with Gasteiger partial charge >= 0.3 is 0 Å². The van der Waals surface area contributed by atoms with Gasteiger partial charge in [-0.1, -0.05) is 6.08 Å². The third-order valence-electron chi connectivity index (χ3n) is 4.11. The molecule has 0 saturated carbocycles. The second-order valence-electron chi connectivity index (χ2n) is 5.88. The van der Waals surface area contributed by atoms with Gasteiger partial charge < -0.3 is 4.90 Å². The summed E-state index contributed by atoms with van der Waals surface area (Å²) in [6, 6.07) is 0.341. The summed E-state index contributed by atoms with van der Waals surface area (Å²) in [6.45, 7) is 9.59. The van der Waals surface area contributed by atoms with E-state index in [0.717, 1.165) is 18.1 Å². The molecule has 0 N–H and O–H groups in total. The van der Waals surface area contributed by atoms with Gasteiger partial charge in [0, 0.05) is 19.2 Å². The lowest BCUT2D eigenvalue weighted by Crippen LogP contribution is -2.31. The van der Waals surface area contributed by atoms with Gasteiger partial charge in [-0.3, -0.25) is 9.67 Å². The molecule has 0 bridgehead atoms. The van der Waals surface area contributed by atoms with E-state index in [2.05, 4.69) is 44.9 Å². The summed E-state index contributed by atoms with van der Waals surface area (Å²) in [4.78, 5) is 7.12. The molecule has 0 amide bonds. The zero-order valence-electron chi connectivity index (χ0n) is 13.6. The molecular weight excluding hydrogens is 280 g/mol. The number of rotatable bonds is 2. The Kier molecular flexibility index (Phi) is 3.48. The Morgan fingerprint density at radius 1 is 1.29 bits per heavy atom. The molecule has 5 heteroatoms. The molecular formula is C16H22N4S. The van der Waals surface area contributed by atoms with Crippen LogP contribution < -0.4 is 0 Å². The number of aliphatic imine (C=N–C) groups is 1. The standard InChI is InChI=1S/C16H22N4S/c1-9-7-10(2)15-17-11(3)8-20(15)14(9)13-12(4)16(21-6)19(5)18-13/h7,11H,8H2,1-6H3. The van der Waals surface area contributed by atoms with Crippen LogP contribution in [0.4, 0.5) is 0 Å². The van der Waals surface area contributed by atoms with Crippen LogP contribution in [0.15, 0.2) is 27.2 Å². The van der Waals surface area contributed by atoms with Crippen LogP contribution in [-0.4, -0.2) is 39.4 Å². The third kappa shape index (κ3) is 2.14. The Hall–Kier alpha value is -1.49. The first kappa shape index (κ1) is 14.4. The Morgan fingerprint density at radius 2 is 2.00 bits per heavy atom. The second kappa shape index (κ2) is 5.05. The molecule has 0 spiro atoms. The number of amidine groups is 1. The van der Waals surface area contributed by atoms with E-state index in [1.807, 2.05) is 11.7 Å². The number of nitrogens with zero attached hydrogens (tertiary/aromatic N) is 4. The van der Waals surface area contributed by atoms with E-state index in [1.54, 1.807) is 11.8 Å². The fourth-order valence-corrected chi connectivity index (χ4v) is 4.00. The van der Waals surface area contributed by atoms with Crippen LogP contribution in [0.25, 0.3) is 5.70 Å². The molecule has 0 aliphatic carbocycles. The van der Waals surface area contributed by atoms with Gasteiger partial charge in [0.15, 0.2) is 0 Å². The van der Waals surface area contributed by atoms with Crippen molar-refractivity contribution in [3.8, 4) is 0 Å². The molecule has 0 aromatic carbocycles. The van der Waals surface area contributed by atoms with E-state index in [-0.39, 0.29) is 0 Å². The van der Waals surface area contributed by atoms with Gasteiger partial charge in [0.25, 0.3) is 0 Å². The minimum atomic E-state index is 0.341. The van der Waals surface area contributed by atoms with E-state index in [9.17, 15) is 0 Å². The molecule has 2 aliphatic heterocycles. The van der Waals surface area contributed by atoms with Crippen molar-refractivity contribution in [2.45, 2.75) is 38.8 Å². The maximum Gasteiger partial charge on any atom is 0.131 e. The molecule has 1 aromatic rings. The van der Waals surface area contributed by atoms with Crippen molar-refractivity contribution in [1.29, 1.82) is 0 Å². The molecule has 0 radical (unpaired) electrons. The van der Waals surface area contributed by atoms with Crippen LogP contribution in [0.1, 0.15) is 32.0 Å². The Bertz CT molecular complexity index is 693. The number of allylic oxidation sites excluding steroid dienone is 2. The number of hydrogen-bond donors (Lipinski definition) is 0. The first-order valence-corrected chi connectivity index (χ1v) is 8.49. The Labute approximate surface area is 130 Å². The van der Waals surface area contributed by atoms with Crippen LogP contribution in [0, 0.1) is 6.92 Å². The quantitative estimate of drug-likeness (QED) is 0.786. The van der Waals surface area contributed by atoms with E-state index in [0.29, 0.717) is 6.04 Å². The minimum Gasteiger partial charge on any atom is -0.322 e. The van der Waals surface area contributed by atoms with Crippen LogP contribution >= 0.6 is 11.8 Å². The van der Waals surface area contributed by atoms with Gasteiger partial charge in [0.05, 0.1) is 16.8 Å². The minimum absolute atomic E-state index is 0.341. The van der Waals surface area contributed by atoms with Gasteiger partial charge in [0.1, 0.15) is 11.5 Å². The van der Waals surface area contributed by atoms with Gasteiger partial charge in [-0.25, -0.2) is 0 Å². The smallest absolute Gasteiger partial charge is 0.131 e. The second-order valence-corrected chi connectivity index (χ2v) is 6.67. The number of hydrogen-bond acceptors (Lipinski definition) is 4. The first-order chi connectivity index (χ1) is 9.93. The average Bonchev–Trinajstić information content (AvgIpc) is 2.91.